The van der Waals surface area contributed by atoms with E-state index in [2.05, 4.69) is 36.4 Å². The van der Waals surface area contributed by atoms with Crippen LogP contribution in [0, 0.1) is 0 Å². The summed E-state index contributed by atoms with van der Waals surface area (Å²) in [5.74, 6) is 2.10. The molecule has 1 aromatic heterocycles. The van der Waals surface area contributed by atoms with Gasteiger partial charge >= 0.3 is 0 Å². The molecule has 0 bridgehead atoms. The van der Waals surface area contributed by atoms with Crippen molar-refractivity contribution in [2.24, 2.45) is 4.99 Å². The van der Waals surface area contributed by atoms with E-state index in [0.717, 1.165) is 41.0 Å². The van der Waals surface area contributed by atoms with Crippen molar-refractivity contribution in [3.63, 3.8) is 0 Å². The second kappa shape index (κ2) is 9.99. The van der Waals surface area contributed by atoms with Crippen LogP contribution in [0.5, 0.6) is 17.2 Å². The van der Waals surface area contributed by atoms with Crippen molar-refractivity contribution in [2.75, 3.05) is 20.8 Å². The van der Waals surface area contributed by atoms with Crippen molar-refractivity contribution in [1.29, 1.82) is 0 Å². The Balaban J connectivity index is 1.55. The molecular weight excluding hydrogens is 496 g/mol. The first-order chi connectivity index (χ1) is 18.6. The molecule has 4 aromatic rings. The van der Waals surface area contributed by atoms with Gasteiger partial charge in [0, 0.05) is 5.56 Å². The number of aryl methyl sites for hydroxylation is 1. The summed E-state index contributed by atoms with van der Waals surface area (Å²) in [6, 6.07) is 21.9. The second-order valence-corrected chi connectivity index (χ2v) is 10.2. The molecule has 192 valence electrons. The second-order valence-electron chi connectivity index (χ2n) is 9.23. The normalized spacial score (nSPS) is 16.3. The average Bonchev–Trinajstić information content (AvgIpc) is 3.27. The molecule has 38 heavy (non-hydrogen) atoms. The van der Waals surface area contributed by atoms with Crippen LogP contribution in [0.3, 0.4) is 0 Å². The van der Waals surface area contributed by atoms with Gasteiger partial charge in [-0.25, -0.2) is 4.99 Å². The molecular formula is C31H28N2O4S. The molecule has 2 aliphatic rings. The number of methoxy groups -OCH3 is 2. The number of aromatic nitrogens is 1. The summed E-state index contributed by atoms with van der Waals surface area (Å²) in [7, 11) is 3.28. The SMILES string of the molecule is CCOc1ccc(/C=c2\sc3n(c2=O)[C@@H](c2ccc(OC)cc2)C2=C(N=3)c3ccccc3CC2)cc1OC. The molecule has 0 radical (unpaired) electrons. The summed E-state index contributed by atoms with van der Waals surface area (Å²) < 4.78 is 19.1. The first kappa shape index (κ1) is 24.2. The summed E-state index contributed by atoms with van der Waals surface area (Å²) in [5.41, 5.74) is 6.48. The molecule has 1 atom stereocenters. The number of hydrogen-bond acceptors (Lipinski definition) is 6. The number of rotatable bonds is 6. The first-order valence-corrected chi connectivity index (χ1v) is 13.5. The predicted octanol–water partition coefficient (Wildman–Crippen LogP) is 4.73. The molecule has 3 aromatic carbocycles. The molecule has 0 fully saturated rings. The lowest BCUT2D eigenvalue weighted by atomic mass is 9.83. The zero-order valence-electron chi connectivity index (χ0n) is 21.6. The van der Waals surface area contributed by atoms with Crippen LogP contribution in [0.1, 0.15) is 41.6 Å². The Bertz CT molecular complexity index is 1730. The van der Waals surface area contributed by atoms with Crippen LogP contribution < -0.4 is 29.1 Å². The van der Waals surface area contributed by atoms with Crippen LogP contribution in [-0.4, -0.2) is 25.4 Å². The standard InChI is InChI=1S/C31H28N2O4S/c1-4-37-25-16-9-19(17-26(25)36-3)18-27-30(34)33-29(21-10-13-22(35-2)14-11-21)24-15-12-20-7-5-6-8-23(20)28(24)32-31(33)38-27/h5-11,13-14,16-18,29H,4,12,15H2,1-3H3/b27-18-/t29-/m0/s1. The van der Waals surface area contributed by atoms with E-state index in [0.29, 0.717) is 27.4 Å². The Morgan fingerprint density at radius 2 is 1.82 bits per heavy atom. The monoisotopic (exact) mass is 524 g/mol. The maximum atomic E-state index is 13.9. The minimum atomic E-state index is -0.225. The van der Waals surface area contributed by atoms with Gasteiger partial charge in [0.25, 0.3) is 5.56 Å². The highest BCUT2D eigenvalue weighted by Crippen LogP contribution is 2.41. The highest BCUT2D eigenvalue weighted by molar-refractivity contribution is 7.07. The molecule has 0 saturated carbocycles. The number of thiazole rings is 1. The molecule has 0 N–H and O–H groups in total. The van der Waals surface area contributed by atoms with Crippen LogP contribution in [0.4, 0.5) is 0 Å². The molecule has 0 spiro atoms. The molecule has 2 heterocycles. The molecule has 0 amide bonds. The van der Waals surface area contributed by atoms with Gasteiger partial charge in [-0.3, -0.25) is 9.36 Å². The van der Waals surface area contributed by atoms with Crippen molar-refractivity contribution in [3.05, 3.63) is 114 Å². The minimum Gasteiger partial charge on any atom is -0.497 e. The molecule has 0 saturated heterocycles. The van der Waals surface area contributed by atoms with E-state index in [1.54, 1.807) is 14.2 Å². The summed E-state index contributed by atoms with van der Waals surface area (Å²) in [5, 5.41) is 0. The third-order valence-electron chi connectivity index (χ3n) is 7.09. The highest BCUT2D eigenvalue weighted by atomic mass is 32.1. The van der Waals surface area contributed by atoms with Crippen molar-refractivity contribution in [1.82, 2.24) is 4.57 Å². The third-order valence-corrected chi connectivity index (χ3v) is 8.07. The van der Waals surface area contributed by atoms with Gasteiger partial charge in [0.05, 0.1) is 37.1 Å². The zero-order valence-corrected chi connectivity index (χ0v) is 22.4. The van der Waals surface area contributed by atoms with Crippen LogP contribution in [0.15, 0.2) is 82.1 Å². The van der Waals surface area contributed by atoms with Crippen molar-refractivity contribution < 1.29 is 14.2 Å². The summed E-state index contributed by atoms with van der Waals surface area (Å²) in [6.45, 7) is 2.48. The maximum absolute atomic E-state index is 13.9. The number of hydrogen-bond donors (Lipinski definition) is 0. The van der Waals surface area contributed by atoms with Crippen molar-refractivity contribution in [3.8, 4) is 17.2 Å². The Morgan fingerprint density at radius 1 is 1.00 bits per heavy atom. The zero-order chi connectivity index (χ0) is 26.2. The van der Waals surface area contributed by atoms with Gasteiger partial charge in [-0.15, -0.1) is 0 Å². The van der Waals surface area contributed by atoms with Crippen LogP contribution in [0.2, 0.25) is 0 Å². The van der Waals surface area contributed by atoms with E-state index in [1.165, 1.54) is 22.5 Å². The van der Waals surface area contributed by atoms with E-state index in [-0.39, 0.29) is 11.6 Å². The summed E-state index contributed by atoms with van der Waals surface area (Å²) in [4.78, 5) is 19.7. The summed E-state index contributed by atoms with van der Waals surface area (Å²) >= 11 is 1.42. The lowest BCUT2D eigenvalue weighted by molar-refractivity contribution is 0.311. The van der Waals surface area contributed by atoms with Crippen LogP contribution in [0.25, 0.3) is 11.8 Å². The van der Waals surface area contributed by atoms with E-state index in [9.17, 15) is 4.79 Å². The molecule has 7 heteroatoms. The average molecular weight is 525 g/mol. The molecule has 1 aliphatic heterocycles. The molecule has 1 aliphatic carbocycles. The van der Waals surface area contributed by atoms with Crippen molar-refractivity contribution >= 4 is 23.1 Å². The van der Waals surface area contributed by atoms with Crippen molar-refractivity contribution in [2.45, 2.75) is 25.8 Å². The lowest BCUT2D eigenvalue weighted by Crippen LogP contribution is -2.38. The van der Waals surface area contributed by atoms with E-state index >= 15 is 0 Å². The van der Waals surface area contributed by atoms with Gasteiger partial charge in [0.1, 0.15) is 5.75 Å². The number of benzene rings is 3. The van der Waals surface area contributed by atoms with E-state index < -0.39 is 0 Å². The molecule has 6 nitrogen and oxygen atoms in total. The first-order valence-electron chi connectivity index (χ1n) is 12.7. The van der Waals surface area contributed by atoms with Crippen LogP contribution in [-0.2, 0) is 6.42 Å². The number of fused-ring (bicyclic) bond motifs is 3. The fourth-order valence-corrected chi connectivity index (χ4v) is 6.31. The Morgan fingerprint density at radius 3 is 2.58 bits per heavy atom. The Labute approximate surface area is 224 Å². The topological polar surface area (TPSA) is 62.0 Å². The van der Waals surface area contributed by atoms with Gasteiger partial charge in [0.15, 0.2) is 16.3 Å². The van der Waals surface area contributed by atoms with Gasteiger partial charge in [-0.1, -0.05) is 53.8 Å². The Hall–Kier alpha value is -4.10. The fourth-order valence-electron chi connectivity index (χ4n) is 5.31. The van der Waals surface area contributed by atoms with E-state index in [4.69, 9.17) is 19.2 Å². The van der Waals surface area contributed by atoms with Crippen LogP contribution >= 0.6 is 11.3 Å². The van der Waals surface area contributed by atoms with Gasteiger partial charge < -0.3 is 14.2 Å². The number of allylic oxidation sites excluding steroid dienone is 1. The smallest absolute Gasteiger partial charge is 0.271 e. The number of ether oxygens (including phenoxy) is 3. The predicted molar refractivity (Wildman–Crippen MR) is 150 cm³/mol. The fraction of sp³-hybridized carbons (Fsp3) is 0.226. The van der Waals surface area contributed by atoms with E-state index in [1.807, 2.05) is 47.9 Å². The van der Waals surface area contributed by atoms with Gasteiger partial charge in [0.2, 0.25) is 0 Å². The quantitative estimate of drug-likeness (QED) is 0.366. The largest absolute Gasteiger partial charge is 0.497 e. The third kappa shape index (κ3) is 4.13. The molecule has 6 rings (SSSR count). The number of nitrogens with zero attached hydrogens (tertiary/aromatic N) is 2. The lowest BCUT2D eigenvalue weighted by Gasteiger charge is -2.30. The Kier molecular flexibility index (Phi) is 6.37. The summed E-state index contributed by atoms with van der Waals surface area (Å²) in [6.07, 6.45) is 3.68. The van der Waals surface area contributed by atoms with Gasteiger partial charge in [-0.2, -0.15) is 0 Å². The minimum absolute atomic E-state index is 0.0483. The van der Waals surface area contributed by atoms with Gasteiger partial charge in [-0.05, 0) is 72.4 Å². The molecule has 0 unspecified atom stereocenters. The maximum Gasteiger partial charge on any atom is 0.271 e. The highest BCUT2D eigenvalue weighted by Gasteiger charge is 2.32.